The van der Waals surface area contributed by atoms with Gasteiger partial charge in [0, 0.05) is 31.2 Å². The summed E-state index contributed by atoms with van der Waals surface area (Å²) >= 11 is 0. The van der Waals surface area contributed by atoms with Gasteiger partial charge < -0.3 is 14.7 Å². The SMILES string of the molecule is O=C(O)[C@@H]1C[C@H](N2CCOc3ccccc3C2)CN1C(=O)C(c1ccccc1)c1ccccc1. The normalized spacial score (nSPS) is 20.4. The Morgan fingerprint density at radius 1 is 0.882 bits per heavy atom. The first-order valence-corrected chi connectivity index (χ1v) is 11.7. The average molecular weight is 457 g/mol. The van der Waals surface area contributed by atoms with Gasteiger partial charge in [-0.2, -0.15) is 0 Å². The fourth-order valence-corrected chi connectivity index (χ4v) is 5.15. The third-order valence-electron chi connectivity index (χ3n) is 6.86. The Labute approximate surface area is 199 Å². The van der Waals surface area contributed by atoms with Crippen LogP contribution in [0.15, 0.2) is 84.9 Å². The summed E-state index contributed by atoms with van der Waals surface area (Å²) < 4.78 is 5.90. The number of para-hydroxylation sites is 1. The molecule has 1 amide bonds. The molecule has 2 atom stereocenters. The number of amides is 1. The highest BCUT2D eigenvalue weighted by Crippen LogP contribution is 2.33. The summed E-state index contributed by atoms with van der Waals surface area (Å²) in [4.78, 5) is 30.1. The van der Waals surface area contributed by atoms with Crippen molar-refractivity contribution in [3.63, 3.8) is 0 Å². The summed E-state index contributed by atoms with van der Waals surface area (Å²) in [6.45, 7) is 2.29. The molecule has 1 fully saturated rings. The zero-order valence-corrected chi connectivity index (χ0v) is 18.9. The number of carbonyl (C=O) groups excluding carboxylic acids is 1. The summed E-state index contributed by atoms with van der Waals surface area (Å²) in [7, 11) is 0. The second-order valence-corrected chi connectivity index (χ2v) is 8.92. The summed E-state index contributed by atoms with van der Waals surface area (Å²) in [5.74, 6) is -0.795. The predicted molar refractivity (Wildman–Crippen MR) is 129 cm³/mol. The second kappa shape index (κ2) is 9.69. The van der Waals surface area contributed by atoms with Crippen LogP contribution in [0.2, 0.25) is 0 Å². The van der Waals surface area contributed by atoms with Gasteiger partial charge in [0.1, 0.15) is 18.4 Å². The number of aliphatic carboxylic acids is 1. The number of hydrogen-bond acceptors (Lipinski definition) is 4. The van der Waals surface area contributed by atoms with Gasteiger partial charge in [-0.25, -0.2) is 4.79 Å². The molecule has 3 aromatic rings. The first-order chi connectivity index (χ1) is 16.6. The van der Waals surface area contributed by atoms with Crippen molar-refractivity contribution in [3.05, 3.63) is 102 Å². The van der Waals surface area contributed by atoms with Gasteiger partial charge in [0.2, 0.25) is 5.91 Å². The molecule has 0 radical (unpaired) electrons. The lowest BCUT2D eigenvalue weighted by molar-refractivity contribution is -0.148. The van der Waals surface area contributed by atoms with E-state index in [4.69, 9.17) is 4.74 Å². The molecule has 2 heterocycles. The van der Waals surface area contributed by atoms with Crippen molar-refractivity contribution in [1.29, 1.82) is 0 Å². The molecule has 6 nitrogen and oxygen atoms in total. The highest BCUT2D eigenvalue weighted by Gasteiger charge is 2.44. The monoisotopic (exact) mass is 456 g/mol. The molecule has 3 aromatic carbocycles. The van der Waals surface area contributed by atoms with Gasteiger partial charge in [0.15, 0.2) is 0 Å². The van der Waals surface area contributed by atoms with E-state index in [0.29, 0.717) is 32.7 Å². The van der Waals surface area contributed by atoms with Gasteiger partial charge in [-0.3, -0.25) is 9.69 Å². The highest BCUT2D eigenvalue weighted by atomic mass is 16.5. The number of carbonyl (C=O) groups is 2. The Bertz CT molecular complexity index is 1110. The minimum atomic E-state index is -0.956. The Morgan fingerprint density at radius 2 is 1.50 bits per heavy atom. The molecular weight excluding hydrogens is 428 g/mol. The minimum absolute atomic E-state index is 0.0491. The molecule has 1 N–H and O–H groups in total. The van der Waals surface area contributed by atoms with Crippen LogP contribution in [0.5, 0.6) is 5.75 Å². The van der Waals surface area contributed by atoms with E-state index in [-0.39, 0.29) is 11.9 Å². The van der Waals surface area contributed by atoms with Gasteiger partial charge in [-0.1, -0.05) is 78.9 Å². The first kappa shape index (κ1) is 22.2. The molecule has 0 spiro atoms. The van der Waals surface area contributed by atoms with Crippen LogP contribution in [-0.4, -0.2) is 58.6 Å². The zero-order valence-electron chi connectivity index (χ0n) is 18.9. The van der Waals surface area contributed by atoms with Crippen molar-refractivity contribution in [3.8, 4) is 5.75 Å². The molecule has 2 aliphatic heterocycles. The van der Waals surface area contributed by atoms with Crippen molar-refractivity contribution in [2.45, 2.75) is 31.0 Å². The fourth-order valence-electron chi connectivity index (χ4n) is 5.15. The lowest BCUT2D eigenvalue weighted by atomic mass is 9.90. The lowest BCUT2D eigenvalue weighted by Crippen LogP contribution is -2.44. The highest BCUT2D eigenvalue weighted by molar-refractivity contribution is 5.91. The number of likely N-dealkylation sites (tertiary alicyclic amines) is 1. The summed E-state index contributed by atoms with van der Waals surface area (Å²) in [6.07, 6.45) is 0.402. The lowest BCUT2D eigenvalue weighted by Gasteiger charge is -2.29. The second-order valence-electron chi connectivity index (χ2n) is 8.92. The van der Waals surface area contributed by atoms with Crippen molar-refractivity contribution < 1.29 is 19.4 Å². The maximum absolute atomic E-state index is 14.0. The summed E-state index contributed by atoms with van der Waals surface area (Å²) in [5.41, 5.74) is 2.81. The molecule has 34 heavy (non-hydrogen) atoms. The Morgan fingerprint density at radius 3 is 2.15 bits per heavy atom. The zero-order chi connectivity index (χ0) is 23.5. The van der Waals surface area contributed by atoms with E-state index in [1.165, 1.54) is 0 Å². The number of carboxylic acids is 1. The molecule has 6 heteroatoms. The van der Waals surface area contributed by atoms with Crippen molar-refractivity contribution in [2.24, 2.45) is 0 Å². The van der Waals surface area contributed by atoms with Crippen LogP contribution in [0.4, 0.5) is 0 Å². The van der Waals surface area contributed by atoms with Crippen molar-refractivity contribution in [2.75, 3.05) is 19.7 Å². The molecule has 1 saturated heterocycles. The van der Waals surface area contributed by atoms with E-state index >= 15 is 0 Å². The van der Waals surface area contributed by atoms with Gasteiger partial charge in [0.05, 0.1) is 5.92 Å². The van der Waals surface area contributed by atoms with Gasteiger partial charge in [-0.15, -0.1) is 0 Å². The number of fused-ring (bicyclic) bond motifs is 1. The van der Waals surface area contributed by atoms with Crippen LogP contribution in [0, 0.1) is 0 Å². The Kier molecular flexibility index (Phi) is 6.32. The third kappa shape index (κ3) is 4.41. The van der Waals surface area contributed by atoms with Crippen LogP contribution >= 0.6 is 0 Å². The Hall–Kier alpha value is -3.64. The van der Waals surface area contributed by atoms with Gasteiger partial charge in [0.25, 0.3) is 0 Å². The molecule has 0 aliphatic carbocycles. The van der Waals surface area contributed by atoms with Crippen LogP contribution in [0.1, 0.15) is 29.0 Å². The Balaban J connectivity index is 1.43. The quantitative estimate of drug-likeness (QED) is 0.633. The van der Waals surface area contributed by atoms with Crippen LogP contribution in [0.25, 0.3) is 0 Å². The predicted octanol–water partition coefficient (Wildman–Crippen LogP) is 3.77. The van der Waals surface area contributed by atoms with Crippen LogP contribution < -0.4 is 4.74 Å². The fraction of sp³-hybridized carbons (Fsp3) is 0.286. The molecule has 0 unspecified atom stereocenters. The average Bonchev–Trinajstić information content (AvgIpc) is 3.21. The minimum Gasteiger partial charge on any atom is -0.492 e. The summed E-state index contributed by atoms with van der Waals surface area (Å²) in [5, 5.41) is 10.0. The third-order valence-corrected chi connectivity index (χ3v) is 6.86. The number of hydrogen-bond donors (Lipinski definition) is 1. The molecule has 5 rings (SSSR count). The largest absolute Gasteiger partial charge is 0.492 e. The molecule has 174 valence electrons. The first-order valence-electron chi connectivity index (χ1n) is 11.7. The standard InChI is InChI=1S/C28H28N2O4/c31-27(26(20-9-3-1-4-10-20)21-11-5-2-6-12-21)30-19-23(17-24(30)28(32)33)29-15-16-34-25-14-8-7-13-22(25)18-29/h1-14,23-24,26H,15-19H2,(H,32,33)/t23-,24-/m0/s1. The van der Waals surface area contributed by atoms with E-state index in [9.17, 15) is 14.7 Å². The van der Waals surface area contributed by atoms with Crippen molar-refractivity contribution in [1.82, 2.24) is 9.80 Å². The van der Waals surface area contributed by atoms with Crippen molar-refractivity contribution >= 4 is 11.9 Å². The molecule has 0 saturated carbocycles. The molecule has 2 aliphatic rings. The van der Waals surface area contributed by atoms with Crippen LogP contribution in [0.3, 0.4) is 0 Å². The maximum atomic E-state index is 14.0. The van der Waals surface area contributed by atoms with Crippen LogP contribution in [-0.2, 0) is 16.1 Å². The molecule has 0 aromatic heterocycles. The van der Waals surface area contributed by atoms with E-state index in [0.717, 1.165) is 22.4 Å². The van der Waals surface area contributed by atoms with E-state index < -0.39 is 17.9 Å². The number of ether oxygens (including phenoxy) is 1. The molecular formula is C28H28N2O4. The number of rotatable bonds is 5. The van der Waals surface area contributed by atoms with Gasteiger partial charge >= 0.3 is 5.97 Å². The number of carboxylic acid groups (broad SMARTS) is 1. The topological polar surface area (TPSA) is 70.1 Å². The number of benzene rings is 3. The van der Waals surface area contributed by atoms with E-state index in [1.54, 1.807) is 4.90 Å². The van der Waals surface area contributed by atoms with E-state index in [1.807, 2.05) is 84.9 Å². The smallest absolute Gasteiger partial charge is 0.326 e. The van der Waals surface area contributed by atoms with Gasteiger partial charge in [-0.05, 0) is 23.6 Å². The maximum Gasteiger partial charge on any atom is 0.326 e. The summed E-state index contributed by atoms with van der Waals surface area (Å²) in [6, 6.07) is 26.3. The number of nitrogens with zero attached hydrogens (tertiary/aromatic N) is 2. The van der Waals surface area contributed by atoms with E-state index in [2.05, 4.69) is 4.90 Å². The molecule has 0 bridgehead atoms.